The minimum absolute atomic E-state index is 0.0732. The third-order valence-corrected chi connectivity index (χ3v) is 2.92. The highest BCUT2D eigenvalue weighted by molar-refractivity contribution is 5.94. The van der Waals surface area contributed by atoms with E-state index in [0.29, 0.717) is 18.7 Å². The summed E-state index contributed by atoms with van der Waals surface area (Å²) in [6.45, 7) is 5.52. The van der Waals surface area contributed by atoms with Crippen molar-refractivity contribution in [3.8, 4) is 5.75 Å². The maximum absolute atomic E-state index is 11.9. The molecule has 0 saturated carbocycles. The van der Waals surface area contributed by atoms with Gasteiger partial charge >= 0.3 is 0 Å². The first-order chi connectivity index (χ1) is 10.3. The molecule has 5 nitrogen and oxygen atoms in total. The zero-order valence-electron chi connectivity index (χ0n) is 11.9. The molecule has 110 valence electrons. The average molecular weight is 285 g/mol. The van der Waals surface area contributed by atoms with Gasteiger partial charge in [-0.15, -0.1) is 0 Å². The molecule has 1 heterocycles. The number of ether oxygens (including phenoxy) is 1. The van der Waals surface area contributed by atoms with Gasteiger partial charge in [0.1, 0.15) is 12.4 Å². The second-order valence-electron chi connectivity index (χ2n) is 4.53. The summed E-state index contributed by atoms with van der Waals surface area (Å²) in [6, 6.07) is 7.07. The van der Waals surface area contributed by atoms with Crippen LogP contribution in [-0.4, -0.2) is 28.6 Å². The first-order valence-electron chi connectivity index (χ1n) is 6.87. The van der Waals surface area contributed by atoms with E-state index in [-0.39, 0.29) is 5.91 Å². The van der Waals surface area contributed by atoms with Crippen LogP contribution in [0.3, 0.4) is 0 Å². The molecule has 0 radical (unpaired) electrons. The van der Waals surface area contributed by atoms with Crippen LogP contribution in [-0.2, 0) is 6.54 Å². The van der Waals surface area contributed by atoms with Crippen molar-refractivity contribution in [1.29, 1.82) is 0 Å². The van der Waals surface area contributed by atoms with Gasteiger partial charge in [0.15, 0.2) is 0 Å². The summed E-state index contributed by atoms with van der Waals surface area (Å²) in [6.07, 6.45) is 7.96. The normalized spacial score (nSPS) is 10.1. The Bertz CT molecular complexity index is 562. The molecule has 0 fully saturated rings. The molecule has 1 N–H and O–H groups in total. The molecule has 5 heteroatoms. The van der Waals surface area contributed by atoms with Gasteiger partial charge in [-0.3, -0.25) is 4.79 Å². The fraction of sp³-hybridized carbons (Fsp3) is 0.250. The zero-order chi connectivity index (χ0) is 14.9. The Hall–Kier alpha value is -2.56. The monoisotopic (exact) mass is 285 g/mol. The lowest BCUT2D eigenvalue weighted by Crippen LogP contribution is -2.25. The molecular formula is C16H19N3O2. The van der Waals surface area contributed by atoms with Gasteiger partial charge in [0, 0.05) is 31.0 Å². The summed E-state index contributed by atoms with van der Waals surface area (Å²) >= 11 is 0. The number of rotatable bonds is 8. The number of carbonyl (C=O) groups excluding carboxylic acids is 1. The second-order valence-corrected chi connectivity index (χ2v) is 4.53. The third-order valence-electron chi connectivity index (χ3n) is 2.92. The largest absolute Gasteiger partial charge is 0.490 e. The molecule has 1 aromatic carbocycles. The molecular weight excluding hydrogens is 266 g/mol. The van der Waals surface area contributed by atoms with Gasteiger partial charge in [0.25, 0.3) is 5.91 Å². The van der Waals surface area contributed by atoms with Crippen LogP contribution in [0.15, 0.2) is 55.6 Å². The van der Waals surface area contributed by atoms with E-state index < -0.39 is 0 Å². The topological polar surface area (TPSA) is 56.1 Å². The van der Waals surface area contributed by atoms with Gasteiger partial charge in [0.2, 0.25) is 0 Å². The van der Waals surface area contributed by atoms with E-state index in [4.69, 9.17) is 4.74 Å². The van der Waals surface area contributed by atoms with Gasteiger partial charge < -0.3 is 14.6 Å². The number of hydrogen-bond donors (Lipinski definition) is 1. The molecule has 0 aliphatic rings. The van der Waals surface area contributed by atoms with Crippen molar-refractivity contribution in [2.75, 3.05) is 13.2 Å². The number of nitrogens with zero attached hydrogens (tertiary/aromatic N) is 2. The van der Waals surface area contributed by atoms with E-state index in [1.165, 1.54) is 0 Å². The van der Waals surface area contributed by atoms with Crippen LogP contribution in [0, 0.1) is 0 Å². The number of aromatic nitrogens is 2. The number of imidazole rings is 1. The minimum atomic E-state index is -0.0732. The highest BCUT2D eigenvalue weighted by Gasteiger charge is 2.04. The lowest BCUT2D eigenvalue weighted by molar-refractivity contribution is 0.0952. The number of carbonyl (C=O) groups is 1. The van der Waals surface area contributed by atoms with Gasteiger partial charge in [-0.05, 0) is 30.7 Å². The third kappa shape index (κ3) is 4.80. The average Bonchev–Trinajstić information content (AvgIpc) is 3.03. The molecule has 0 bridgehead atoms. The second kappa shape index (κ2) is 7.89. The Kier molecular flexibility index (Phi) is 5.58. The van der Waals surface area contributed by atoms with E-state index in [0.717, 1.165) is 18.7 Å². The van der Waals surface area contributed by atoms with Gasteiger partial charge in [-0.2, -0.15) is 0 Å². The van der Waals surface area contributed by atoms with Crippen molar-refractivity contribution in [2.45, 2.75) is 13.0 Å². The molecule has 0 saturated heterocycles. The Morgan fingerprint density at radius 1 is 1.38 bits per heavy atom. The summed E-state index contributed by atoms with van der Waals surface area (Å²) in [7, 11) is 0. The summed E-state index contributed by atoms with van der Waals surface area (Å²) in [5.41, 5.74) is 0.628. The minimum Gasteiger partial charge on any atom is -0.490 e. The van der Waals surface area contributed by atoms with Gasteiger partial charge in [-0.1, -0.05) is 12.7 Å². The lowest BCUT2D eigenvalue weighted by atomic mass is 10.2. The Labute approximate surface area is 124 Å². The van der Waals surface area contributed by atoms with E-state index in [9.17, 15) is 4.79 Å². The number of amides is 1. The van der Waals surface area contributed by atoms with E-state index in [2.05, 4.69) is 16.9 Å². The molecule has 2 rings (SSSR count). The molecule has 1 aromatic heterocycles. The first-order valence-corrected chi connectivity index (χ1v) is 6.87. The Balaban J connectivity index is 1.73. The van der Waals surface area contributed by atoms with Crippen LogP contribution in [0.2, 0.25) is 0 Å². The van der Waals surface area contributed by atoms with Crippen LogP contribution in [0.25, 0.3) is 0 Å². The summed E-state index contributed by atoms with van der Waals surface area (Å²) in [5, 5.41) is 2.89. The van der Waals surface area contributed by atoms with E-state index >= 15 is 0 Å². The van der Waals surface area contributed by atoms with Crippen molar-refractivity contribution in [2.24, 2.45) is 0 Å². The summed E-state index contributed by atoms with van der Waals surface area (Å²) < 4.78 is 7.36. The van der Waals surface area contributed by atoms with Crippen LogP contribution in [0.5, 0.6) is 5.75 Å². The van der Waals surface area contributed by atoms with Crippen LogP contribution in [0.1, 0.15) is 16.8 Å². The molecule has 0 atom stereocenters. The molecule has 0 spiro atoms. The Morgan fingerprint density at radius 2 is 2.19 bits per heavy atom. The molecule has 2 aromatic rings. The molecule has 0 aliphatic carbocycles. The number of nitrogens with one attached hydrogen (secondary N) is 1. The number of benzene rings is 1. The maximum Gasteiger partial charge on any atom is 0.251 e. The predicted molar refractivity (Wildman–Crippen MR) is 81.3 cm³/mol. The van der Waals surface area contributed by atoms with Crippen LogP contribution in [0.4, 0.5) is 0 Å². The SMILES string of the molecule is C=CCOc1ccc(C(=O)NCCCn2ccnc2)cc1. The first kappa shape index (κ1) is 14.8. The molecule has 1 amide bonds. The van der Waals surface area contributed by atoms with Crippen molar-refractivity contribution in [1.82, 2.24) is 14.9 Å². The quantitative estimate of drug-likeness (QED) is 0.598. The van der Waals surface area contributed by atoms with Crippen molar-refractivity contribution >= 4 is 5.91 Å². The highest BCUT2D eigenvalue weighted by Crippen LogP contribution is 2.12. The van der Waals surface area contributed by atoms with Crippen molar-refractivity contribution in [3.63, 3.8) is 0 Å². The molecule has 0 aliphatic heterocycles. The molecule has 21 heavy (non-hydrogen) atoms. The fourth-order valence-corrected chi connectivity index (χ4v) is 1.84. The van der Waals surface area contributed by atoms with E-state index in [1.807, 2.05) is 10.8 Å². The van der Waals surface area contributed by atoms with Crippen molar-refractivity contribution < 1.29 is 9.53 Å². The summed E-state index contributed by atoms with van der Waals surface area (Å²) in [5.74, 6) is 0.655. The van der Waals surface area contributed by atoms with E-state index in [1.54, 1.807) is 42.9 Å². The Morgan fingerprint density at radius 3 is 2.86 bits per heavy atom. The fourth-order valence-electron chi connectivity index (χ4n) is 1.84. The van der Waals surface area contributed by atoms with Crippen LogP contribution >= 0.6 is 0 Å². The standard InChI is InChI=1S/C16H19N3O2/c1-2-12-21-15-6-4-14(5-7-15)16(20)18-8-3-10-19-11-9-17-13-19/h2,4-7,9,11,13H,1,3,8,10,12H2,(H,18,20). The van der Waals surface area contributed by atoms with Crippen LogP contribution < -0.4 is 10.1 Å². The highest BCUT2D eigenvalue weighted by atomic mass is 16.5. The number of hydrogen-bond acceptors (Lipinski definition) is 3. The zero-order valence-corrected chi connectivity index (χ0v) is 11.9. The van der Waals surface area contributed by atoms with Gasteiger partial charge in [-0.25, -0.2) is 4.98 Å². The van der Waals surface area contributed by atoms with Crippen molar-refractivity contribution in [3.05, 3.63) is 61.2 Å². The molecule has 0 unspecified atom stereocenters. The number of aryl methyl sites for hydroxylation is 1. The smallest absolute Gasteiger partial charge is 0.251 e. The summed E-state index contributed by atoms with van der Waals surface area (Å²) in [4.78, 5) is 15.9. The maximum atomic E-state index is 11.9. The van der Waals surface area contributed by atoms with Gasteiger partial charge in [0.05, 0.1) is 6.33 Å². The lowest BCUT2D eigenvalue weighted by Gasteiger charge is -2.07. The predicted octanol–water partition coefficient (Wildman–Crippen LogP) is 2.27.